The summed E-state index contributed by atoms with van der Waals surface area (Å²) in [5.74, 6) is -0.963. The van der Waals surface area contributed by atoms with Crippen LogP contribution in [-0.4, -0.2) is 30.3 Å². The molecule has 0 aromatic rings. The maximum atomic E-state index is 9.85. The number of hydrogen-bond donors (Lipinski definition) is 2. The van der Waals surface area contributed by atoms with Crippen molar-refractivity contribution in [2.24, 2.45) is 5.73 Å². The largest absolute Gasteiger partial charge is 0.480 e. The van der Waals surface area contributed by atoms with Crippen molar-refractivity contribution < 1.29 is 14.6 Å². The second-order valence-corrected chi connectivity index (χ2v) is 1.75. The summed E-state index contributed by atoms with van der Waals surface area (Å²) in [5.41, 5.74) is 5.14. The van der Waals surface area contributed by atoms with E-state index in [0.717, 1.165) is 0 Å². The van der Waals surface area contributed by atoms with Crippen molar-refractivity contribution in [2.75, 3.05) is 13.2 Å². The van der Waals surface area contributed by atoms with Crippen molar-refractivity contribution >= 4 is 5.97 Å². The Balaban J connectivity index is 3.16. The van der Waals surface area contributed by atoms with Crippen molar-refractivity contribution in [2.45, 2.75) is 13.0 Å². The maximum Gasteiger partial charge on any atom is 0.329 e. The van der Waals surface area contributed by atoms with Crippen LogP contribution in [0.15, 0.2) is 0 Å². The summed E-state index contributed by atoms with van der Waals surface area (Å²) in [6.45, 7) is 1.81. The number of carbonyl (C=O) groups is 1. The van der Waals surface area contributed by atoms with Gasteiger partial charge in [-0.1, -0.05) is 0 Å². The van der Waals surface area contributed by atoms with Gasteiger partial charge < -0.3 is 15.6 Å². The lowest BCUT2D eigenvalue weighted by molar-refractivity contribution is -0.143. The third-order valence-corrected chi connectivity index (χ3v) is 0.823. The van der Waals surface area contributed by atoms with Crippen LogP contribution in [0.25, 0.3) is 0 Å². The minimum Gasteiger partial charge on any atom is -0.480 e. The Hall–Kier alpha value is -0.610. The Bertz CT molecular complexity index is 94.2. The van der Waals surface area contributed by atoms with E-state index < -0.39 is 5.97 Å². The monoisotopic (exact) mass is 133 g/mol. The van der Waals surface area contributed by atoms with Gasteiger partial charge in [-0.25, -0.2) is 4.79 Å². The molecule has 4 nitrogen and oxygen atoms in total. The minimum absolute atomic E-state index is 0.166. The number of carboxylic acids is 1. The van der Waals surface area contributed by atoms with Gasteiger partial charge in [0.2, 0.25) is 0 Å². The van der Waals surface area contributed by atoms with Gasteiger partial charge in [0.1, 0.15) is 6.61 Å². The molecule has 0 aromatic carbocycles. The standard InChI is InChI=1S/C5H11NO3/c1-4(2-6)9-3-5(7)8/h4H,2-3,6H2,1H3,(H,7,8)/t4-/m0/s1. The number of ether oxygens (including phenoxy) is 1. The average molecular weight is 133 g/mol. The molecule has 1 atom stereocenters. The van der Waals surface area contributed by atoms with Gasteiger partial charge in [0, 0.05) is 6.54 Å². The Kier molecular flexibility index (Phi) is 4.00. The molecule has 0 aliphatic heterocycles. The SMILES string of the molecule is C[C@@H](CN)OCC(=O)O. The van der Waals surface area contributed by atoms with Crippen LogP contribution in [0.2, 0.25) is 0 Å². The van der Waals surface area contributed by atoms with E-state index in [-0.39, 0.29) is 12.7 Å². The van der Waals surface area contributed by atoms with Gasteiger partial charge in [0.05, 0.1) is 6.10 Å². The van der Waals surface area contributed by atoms with E-state index in [1.165, 1.54) is 0 Å². The molecule has 0 unspecified atom stereocenters. The van der Waals surface area contributed by atoms with Crippen LogP contribution in [0.1, 0.15) is 6.92 Å². The molecule has 0 bridgehead atoms. The zero-order valence-electron chi connectivity index (χ0n) is 5.33. The van der Waals surface area contributed by atoms with E-state index in [0.29, 0.717) is 6.54 Å². The lowest BCUT2D eigenvalue weighted by Crippen LogP contribution is -2.23. The van der Waals surface area contributed by atoms with Crippen molar-refractivity contribution in [1.29, 1.82) is 0 Å². The second-order valence-electron chi connectivity index (χ2n) is 1.75. The van der Waals surface area contributed by atoms with E-state index >= 15 is 0 Å². The predicted octanol–water partition coefficient (Wildman–Crippen LogP) is -0.565. The molecule has 0 amide bonds. The molecule has 0 aromatic heterocycles. The molecule has 0 fully saturated rings. The van der Waals surface area contributed by atoms with Gasteiger partial charge >= 0.3 is 5.97 Å². The van der Waals surface area contributed by atoms with Crippen LogP contribution >= 0.6 is 0 Å². The molecule has 0 saturated heterocycles. The Morgan fingerprint density at radius 1 is 1.89 bits per heavy atom. The average Bonchev–Trinajstić information content (AvgIpc) is 1.83. The summed E-state index contributed by atoms with van der Waals surface area (Å²) in [6.07, 6.45) is -0.166. The first-order chi connectivity index (χ1) is 4.16. The molecular weight excluding hydrogens is 122 g/mol. The summed E-state index contributed by atoms with van der Waals surface area (Å²) in [7, 11) is 0. The topological polar surface area (TPSA) is 72.5 Å². The highest BCUT2D eigenvalue weighted by Crippen LogP contribution is 1.84. The second kappa shape index (κ2) is 4.29. The fraction of sp³-hybridized carbons (Fsp3) is 0.800. The molecule has 0 spiro atoms. The fourth-order valence-electron chi connectivity index (χ4n) is 0.282. The summed E-state index contributed by atoms with van der Waals surface area (Å²) < 4.78 is 4.73. The molecule has 0 radical (unpaired) electrons. The molecule has 0 aliphatic carbocycles. The first-order valence-corrected chi connectivity index (χ1v) is 2.70. The van der Waals surface area contributed by atoms with Crippen LogP contribution < -0.4 is 5.73 Å². The van der Waals surface area contributed by atoms with Gasteiger partial charge in [-0.3, -0.25) is 0 Å². The molecular formula is C5H11NO3. The van der Waals surface area contributed by atoms with Crippen molar-refractivity contribution in [3.63, 3.8) is 0 Å². The van der Waals surface area contributed by atoms with E-state index in [1.54, 1.807) is 6.92 Å². The van der Waals surface area contributed by atoms with Crippen LogP contribution in [0.4, 0.5) is 0 Å². The highest BCUT2D eigenvalue weighted by molar-refractivity contribution is 5.68. The number of aliphatic carboxylic acids is 1. The molecule has 0 heterocycles. The number of rotatable bonds is 4. The highest BCUT2D eigenvalue weighted by Gasteiger charge is 2.00. The predicted molar refractivity (Wildman–Crippen MR) is 32.1 cm³/mol. The van der Waals surface area contributed by atoms with E-state index in [9.17, 15) is 4.79 Å². The molecule has 9 heavy (non-hydrogen) atoms. The van der Waals surface area contributed by atoms with E-state index in [2.05, 4.69) is 0 Å². The van der Waals surface area contributed by atoms with Gasteiger partial charge in [-0.05, 0) is 6.92 Å². The van der Waals surface area contributed by atoms with Gasteiger partial charge in [-0.15, -0.1) is 0 Å². The van der Waals surface area contributed by atoms with Crippen LogP contribution in [0.5, 0.6) is 0 Å². The van der Waals surface area contributed by atoms with Crippen LogP contribution in [-0.2, 0) is 9.53 Å². The quantitative estimate of drug-likeness (QED) is 0.539. The molecule has 0 aliphatic rings. The zero-order chi connectivity index (χ0) is 7.28. The van der Waals surface area contributed by atoms with Crippen molar-refractivity contribution in [3.05, 3.63) is 0 Å². The highest BCUT2D eigenvalue weighted by atomic mass is 16.5. The molecule has 0 rings (SSSR count). The molecule has 3 N–H and O–H groups in total. The summed E-state index contributed by atoms with van der Waals surface area (Å²) in [6, 6.07) is 0. The first-order valence-electron chi connectivity index (χ1n) is 2.70. The minimum atomic E-state index is -0.963. The van der Waals surface area contributed by atoms with Gasteiger partial charge in [0.25, 0.3) is 0 Å². The summed E-state index contributed by atoms with van der Waals surface area (Å²) >= 11 is 0. The lowest BCUT2D eigenvalue weighted by Gasteiger charge is -2.06. The molecule has 54 valence electrons. The summed E-state index contributed by atoms with van der Waals surface area (Å²) in [4.78, 5) is 9.85. The molecule has 0 saturated carbocycles. The Morgan fingerprint density at radius 3 is 2.78 bits per heavy atom. The lowest BCUT2D eigenvalue weighted by atomic mass is 10.4. The number of hydrogen-bond acceptors (Lipinski definition) is 3. The smallest absolute Gasteiger partial charge is 0.329 e. The fourth-order valence-corrected chi connectivity index (χ4v) is 0.282. The Labute approximate surface area is 53.6 Å². The van der Waals surface area contributed by atoms with E-state index in [4.69, 9.17) is 15.6 Å². The zero-order valence-corrected chi connectivity index (χ0v) is 5.33. The molecule has 4 heteroatoms. The normalized spacial score (nSPS) is 13.1. The summed E-state index contributed by atoms with van der Waals surface area (Å²) in [5, 5.41) is 8.09. The maximum absolute atomic E-state index is 9.85. The van der Waals surface area contributed by atoms with Gasteiger partial charge in [0.15, 0.2) is 0 Å². The number of nitrogens with two attached hydrogens (primary N) is 1. The van der Waals surface area contributed by atoms with Crippen molar-refractivity contribution in [3.8, 4) is 0 Å². The Morgan fingerprint density at radius 2 is 2.44 bits per heavy atom. The first kappa shape index (κ1) is 8.39. The number of carboxylic acid groups (broad SMARTS) is 1. The third kappa shape index (κ3) is 5.26. The third-order valence-electron chi connectivity index (χ3n) is 0.823. The van der Waals surface area contributed by atoms with E-state index in [1.807, 2.05) is 0 Å². The van der Waals surface area contributed by atoms with Crippen molar-refractivity contribution in [1.82, 2.24) is 0 Å². The van der Waals surface area contributed by atoms with Crippen LogP contribution in [0, 0.1) is 0 Å². The van der Waals surface area contributed by atoms with Gasteiger partial charge in [-0.2, -0.15) is 0 Å². The van der Waals surface area contributed by atoms with Crippen LogP contribution in [0.3, 0.4) is 0 Å².